The summed E-state index contributed by atoms with van der Waals surface area (Å²) < 4.78 is 10.8. The molecule has 0 bridgehead atoms. The zero-order chi connectivity index (χ0) is 14.4. The first-order valence-electron chi connectivity index (χ1n) is 7.13. The summed E-state index contributed by atoms with van der Waals surface area (Å²) in [6.45, 7) is 3.82. The molecular formula is C16H24BrNO2. The van der Waals surface area contributed by atoms with Crippen LogP contribution in [0.25, 0.3) is 0 Å². The third-order valence-electron chi connectivity index (χ3n) is 4.03. The number of hydrogen-bond acceptors (Lipinski definition) is 3. The largest absolute Gasteiger partial charge is 0.497 e. The predicted octanol–water partition coefficient (Wildman–Crippen LogP) is 3.32. The van der Waals surface area contributed by atoms with Gasteiger partial charge in [-0.15, -0.1) is 0 Å². The molecule has 2 rings (SSSR count). The highest BCUT2D eigenvalue weighted by Crippen LogP contribution is 2.33. The van der Waals surface area contributed by atoms with Gasteiger partial charge in [-0.2, -0.15) is 0 Å². The van der Waals surface area contributed by atoms with E-state index in [2.05, 4.69) is 46.1 Å². The summed E-state index contributed by atoms with van der Waals surface area (Å²) in [5, 5.41) is 1.05. The maximum absolute atomic E-state index is 5.50. The molecule has 4 heteroatoms. The highest BCUT2D eigenvalue weighted by Gasteiger charge is 2.32. The van der Waals surface area contributed by atoms with Crippen molar-refractivity contribution in [1.82, 2.24) is 4.90 Å². The van der Waals surface area contributed by atoms with Crippen molar-refractivity contribution in [3.8, 4) is 5.75 Å². The van der Waals surface area contributed by atoms with Crippen LogP contribution in [0.1, 0.15) is 18.4 Å². The molecule has 20 heavy (non-hydrogen) atoms. The van der Waals surface area contributed by atoms with E-state index in [1.54, 1.807) is 7.11 Å². The first-order valence-corrected chi connectivity index (χ1v) is 8.25. The van der Waals surface area contributed by atoms with E-state index in [1.165, 1.54) is 5.56 Å². The molecule has 0 N–H and O–H groups in total. The predicted molar refractivity (Wildman–Crippen MR) is 85.6 cm³/mol. The number of benzene rings is 1. The van der Waals surface area contributed by atoms with Crippen LogP contribution in [0.5, 0.6) is 5.75 Å². The molecular weight excluding hydrogens is 318 g/mol. The molecule has 0 spiro atoms. The Morgan fingerprint density at radius 3 is 2.75 bits per heavy atom. The van der Waals surface area contributed by atoms with Crippen LogP contribution < -0.4 is 4.74 Å². The molecule has 1 aliphatic heterocycles. The van der Waals surface area contributed by atoms with Crippen LogP contribution in [0.15, 0.2) is 24.3 Å². The van der Waals surface area contributed by atoms with Crippen molar-refractivity contribution in [1.29, 1.82) is 0 Å². The smallest absolute Gasteiger partial charge is 0.119 e. The van der Waals surface area contributed by atoms with E-state index in [0.717, 1.165) is 50.2 Å². The summed E-state index contributed by atoms with van der Waals surface area (Å²) in [7, 11) is 3.91. The van der Waals surface area contributed by atoms with E-state index in [0.29, 0.717) is 5.41 Å². The van der Waals surface area contributed by atoms with Gasteiger partial charge < -0.3 is 14.4 Å². The van der Waals surface area contributed by atoms with Crippen LogP contribution in [0.3, 0.4) is 0 Å². The average molecular weight is 342 g/mol. The topological polar surface area (TPSA) is 21.7 Å². The van der Waals surface area contributed by atoms with Gasteiger partial charge in [0.05, 0.1) is 7.11 Å². The van der Waals surface area contributed by atoms with Gasteiger partial charge >= 0.3 is 0 Å². The van der Waals surface area contributed by atoms with E-state index in [1.807, 2.05) is 6.07 Å². The molecule has 0 saturated carbocycles. The summed E-state index contributed by atoms with van der Waals surface area (Å²) in [5.74, 6) is 0.928. The molecule has 1 saturated heterocycles. The van der Waals surface area contributed by atoms with Gasteiger partial charge in [0.25, 0.3) is 0 Å². The quantitative estimate of drug-likeness (QED) is 0.741. The Hall–Kier alpha value is -0.580. The molecule has 3 nitrogen and oxygen atoms in total. The van der Waals surface area contributed by atoms with Crippen molar-refractivity contribution in [3.63, 3.8) is 0 Å². The van der Waals surface area contributed by atoms with E-state index in [9.17, 15) is 0 Å². The maximum Gasteiger partial charge on any atom is 0.119 e. The SMILES string of the molecule is COc1cccc(CN(C)CC2(CBr)CCOCC2)c1. The van der Waals surface area contributed by atoms with Crippen molar-refractivity contribution in [2.75, 3.05) is 39.2 Å². The minimum Gasteiger partial charge on any atom is -0.497 e. The zero-order valence-corrected chi connectivity index (χ0v) is 14.0. The summed E-state index contributed by atoms with van der Waals surface area (Å²) >= 11 is 3.70. The van der Waals surface area contributed by atoms with Gasteiger partial charge in [-0.3, -0.25) is 0 Å². The lowest BCUT2D eigenvalue weighted by Gasteiger charge is -2.38. The van der Waals surface area contributed by atoms with Crippen LogP contribution in [-0.4, -0.2) is 44.1 Å². The molecule has 0 radical (unpaired) electrons. The van der Waals surface area contributed by atoms with Gasteiger partial charge in [0, 0.05) is 31.6 Å². The average Bonchev–Trinajstić information content (AvgIpc) is 2.48. The first-order chi connectivity index (χ1) is 9.67. The molecule has 1 aromatic carbocycles. The molecule has 0 aliphatic carbocycles. The van der Waals surface area contributed by atoms with Gasteiger partial charge in [0.2, 0.25) is 0 Å². The number of methoxy groups -OCH3 is 1. The molecule has 0 unspecified atom stereocenters. The lowest BCUT2D eigenvalue weighted by atomic mass is 9.82. The molecule has 0 amide bonds. The minimum absolute atomic E-state index is 0.353. The number of ether oxygens (including phenoxy) is 2. The second kappa shape index (κ2) is 7.43. The van der Waals surface area contributed by atoms with Gasteiger partial charge in [0.15, 0.2) is 0 Å². The first kappa shape index (κ1) is 15.8. The van der Waals surface area contributed by atoms with Crippen LogP contribution >= 0.6 is 15.9 Å². The van der Waals surface area contributed by atoms with Crippen LogP contribution in [0.2, 0.25) is 0 Å². The van der Waals surface area contributed by atoms with Crippen molar-refractivity contribution in [3.05, 3.63) is 29.8 Å². The summed E-state index contributed by atoms with van der Waals surface area (Å²) in [6, 6.07) is 8.31. The van der Waals surface area contributed by atoms with Gasteiger partial charge in [-0.25, -0.2) is 0 Å². The second-order valence-corrected chi connectivity index (χ2v) is 6.33. The number of rotatable bonds is 6. The molecule has 1 aromatic rings. The Labute approximate surface area is 130 Å². The van der Waals surface area contributed by atoms with Gasteiger partial charge in [0.1, 0.15) is 5.75 Å². The van der Waals surface area contributed by atoms with Crippen LogP contribution in [0.4, 0.5) is 0 Å². The summed E-state index contributed by atoms with van der Waals surface area (Å²) in [4.78, 5) is 2.40. The lowest BCUT2D eigenvalue weighted by molar-refractivity contribution is 0.0110. The lowest BCUT2D eigenvalue weighted by Crippen LogP contribution is -2.41. The molecule has 0 atom stereocenters. The third-order valence-corrected chi connectivity index (χ3v) is 5.22. The minimum atomic E-state index is 0.353. The molecule has 1 aliphatic rings. The van der Waals surface area contributed by atoms with E-state index >= 15 is 0 Å². The number of halogens is 1. The highest BCUT2D eigenvalue weighted by atomic mass is 79.9. The third kappa shape index (κ3) is 4.21. The second-order valence-electron chi connectivity index (χ2n) is 5.77. The zero-order valence-electron chi connectivity index (χ0n) is 12.4. The van der Waals surface area contributed by atoms with Gasteiger partial charge in [-0.1, -0.05) is 28.1 Å². The Balaban J connectivity index is 1.95. The molecule has 0 aromatic heterocycles. The Kier molecular flexibility index (Phi) is 5.87. The molecule has 1 fully saturated rings. The van der Waals surface area contributed by atoms with Crippen LogP contribution in [0, 0.1) is 5.41 Å². The maximum atomic E-state index is 5.50. The molecule has 112 valence electrons. The number of nitrogens with zero attached hydrogens (tertiary/aromatic N) is 1. The van der Waals surface area contributed by atoms with Crippen molar-refractivity contribution >= 4 is 15.9 Å². The van der Waals surface area contributed by atoms with E-state index in [4.69, 9.17) is 9.47 Å². The Morgan fingerprint density at radius 2 is 2.10 bits per heavy atom. The fourth-order valence-electron chi connectivity index (χ4n) is 2.85. The fourth-order valence-corrected chi connectivity index (χ4v) is 3.59. The van der Waals surface area contributed by atoms with Crippen molar-refractivity contribution in [2.45, 2.75) is 19.4 Å². The number of hydrogen-bond donors (Lipinski definition) is 0. The normalized spacial score (nSPS) is 18.2. The Bertz CT molecular complexity index is 419. The van der Waals surface area contributed by atoms with E-state index < -0.39 is 0 Å². The van der Waals surface area contributed by atoms with E-state index in [-0.39, 0.29) is 0 Å². The molecule has 1 heterocycles. The Morgan fingerprint density at radius 1 is 1.35 bits per heavy atom. The van der Waals surface area contributed by atoms with Crippen molar-refractivity contribution in [2.24, 2.45) is 5.41 Å². The van der Waals surface area contributed by atoms with Crippen molar-refractivity contribution < 1.29 is 9.47 Å². The van der Waals surface area contributed by atoms with Gasteiger partial charge in [-0.05, 0) is 43.0 Å². The highest BCUT2D eigenvalue weighted by molar-refractivity contribution is 9.09. The summed E-state index contributed by atoms with van der Waals surface area (Å²) in [6.07, 6.45) is 2.28. The number of alkyl halides is 1. The van der Waals surface area contributed by atoms with Crippen LogP contribution in [-0.2, 0) is 11.3 Å². The standard InChI is InChI=1S/C16H24BrNO2/c1-18(11-14-4-3-5-15(10-14)19-2)13-16(12-17)6-8-20-9-7-16/h3-5,10H,6-9,11-13H2,1-2H3. The monoisotopic (exact) mass is 341 g/mol. The fraction of sp³-hybridized carbons (Fsp3) is 0.625. The summed E-state index contributed by atoms with van der Waals surface area (Å²) in [5.41, 5.74) is 1.65.